The average molecular weight is 312 g/mol. The maximum Gasteiger partial charge on any atom is 0.337 e. The summed E-state index contributed by atoms with van der Waals surface area (Å²) in [6.45, 7) is 2.58. The summed E-state index contributed by atoms with van der Waals surface area (Å²) >= 11 is 0. The highest BCUT2D eigenvalue weighted by Gasteiger charge is 2.07. The number of ether oxygens (including phenoxy) is 1. The molecule has 0 unspecified atom stereocenters. The third-order valence-electron chi connectivity index (χ3n) is 3.48. The van der Waals surface area contributed by atoms with E-state index in [9.17, 15) is 9.59 Å². The van der Waals surface area contributed by atoms with E-state index >= 15 is 0 Å². The van der Waals surface area contributed by atoms with E-state index in [1.165, 1.54) is 18.2 Å². The second-order valence-corrected chi connectivity index (χ2v) is 5.13. The molecule has 0 atom stereocenters. The predicted molar refractivity (Wildman–Crippen MR) is 89.7 cm³/mol. The van der Waals surface area contributed by atoms with Crippen LogP contribution in [0.2, 0.25) is 0 Å². The SMILES string of the molecule is COC(=O)c1cccc(NC(=O)NCCc2ccccc2C)c1. The Balaban J connectivity index is 1.85. The van der Waals surface area contributed by atoms with E-state index < -0.39 is 5.97 Å². The first kappa shape index (κ1) is 16.5. The van der Waals surface area contributed by atoms with Crippen LogP contribution in [0.15, 0.2) is 48.5 Å². The number of hydrogen-bond acceptors (Lipinski definition) is 3. The van der Waals surface area contributed by atoms with E-state index in [0.29, 0.717) is 17.8 Å². The van der Waals surface area contributed by atoms with Gasteiger partial charge in [-0.25, -0.2) is 9.59 Å². The molecule has 2 N–H and O–H groups in total. The lowest BCUT2D eigenvalue weighted by Gasteiger charge is -2.09. The Hall–Kier alpha value is -2.82. The van der Waals surface area contributed by atoms with Crippen molar-refractivity contribution in [3.8, 4) is 0 Å². The van der Waals surface area contributed by atoms with Crippen LogP contribution in [0, 0.1) is 6.92 Å². The van der Waals surface area contributed by atoms with Crippen LogP contribution < -0.4 is 10.6 Å². The normalized spacial score (nSPS) is 10.0. The predicted octanol–water partition coefficient (Wildman–Crippen LogP) is 3.15. The Morgan fingerprint density at radius 3 is 2.61 bits per heavy atom. The minimum Gasteiger partial charge on any atom is -0.465 e. The molecule has 2 amide bonds. The van der Waals surface area contributed by atoms with Crippen molar-refractivity contribution in [1.82, 2.24) is 5.32 Å². The summed E-state index contributed by atoms with van der Waals surface area (Å²) in [5, 5.41) is 5.51. The quantitative estimate of drug-likeness (QED) is 0.833. The summed E-state index contributed by atoms with van der Waals surface area (Å²) in [6.07, 6.45) is 0.766. The molecule has 2 aromatic rings. The zero-order valence-corrected chi connectivity index (χ0v) is 13.3. The smallest absolute Gasteiger partial charge is 0.337 e. The van der Waals surface area contributed by atoms with Crippen LogP contribution in [-0.2, 0) is 11.2 Å². The van der Waals surface area contributed by atoms with Gasteiger partial charge in [0.15, 0.2) is 0 Å². The Morgan fingerprint density at radius 2 is 1.87 bits per heavy atom. The lowest BCUT2D eigenvalue weighted by atomic mass is 10.1. The maximum atomic E-state index is 11.9. The molecule has 0 heterocycles. The zero-order chi connectivity index (χ0) is 16.7. The number of methoxy groups -OCH3 is 1. The van der Waals surface area contributed by atoms with E-state index in [4.69, 9.17) is 0 Å². The molecule has 2 aromatic carbocycles. The number of benzene rings is 2. The van der Waals surface area contributed by atoms with Crippen molar-refractivity contribution in [2.45, 2.75) is 13.3 Å². The lowest BCUT2D eigenvalue weighted by Crippen LogP contribution is -2.30. The van der Waals surface area contributed by atoms with Crippen molar-refractivity contribution >= 4 is 17.7 Å². The van der Waals surface area contributed by atoms with Crippen molar-refractivity contribution < 1.29 is 14.3 Å². The topological polar surface area (TPSA) is 67.4 Å². The summed E-state index contributed by atoms with van der Waals surface area (Å²) in [6, 6.07) is 14.4. The van der Waals surface area contributed by atoms with Crippen LogP contribution in [-0.4, -0.2) is 25.7 Å². The lowest BCUT2D eigenvalue weighted by molar-refractivity contribution is 0.0600. The molecule has 0 aliphatic carbocycles. The fourth-order valence-corrected chi connectivity index (χ4v) is 2.22. The number of rotatable bonds is 5. The van der Waals surface area contributed by atoms with E-state index in [1.54, 1.807) is 24.3 Å². The van der Waals surface area contributed by atoms with E-state index in [-0.39, 0.29) is 6.03 Å². The van der Waals surface area contributed by atoms with Gasteiger partial charge in [0.25, 0.3) is 0 Å². The van der Waals surface area contributed by atoms with Gasteiger partial charge in [-0.2, -0.15) is 0 Å². The first-order valence-electron chi connectivity index (χ1n) is 7.38. The van der Waals surface area contributed by atoms with Gasteiger partial charge >= 0.3 is 12.0 Å². The molecule has 5 nitrogen and oxygen atoms in total. The molecular weight excluding hydrogens is 292 g/mol. The Morgan fingerprint density at radius 1 is 1.09 bits per heavy atom. The zero-order valence-electron chi connectivity index (χ0n) is 13.3. The molecule has 0 spiro atoms. The molecule has 0 aliphatic heterocycles. The monoisotopic (exact) mass is 312 g/mol. The number of carbonyl (C=O) groups is 2. The van der Waals surface area contributed by atoms with Gasteiger partial charge in [-0.15, -0.1) is 0 Å². The molecule has 0 radical (unpaired) electrons. The minimum atomic E-state index is -0.436. The highest BCUT2D eigenvalue weighted by molar-refractivity contribution is 5.93. The summed E-state index contributed by atoms with van der Waals surface area (Å²) in [5.41, 5.74) is 3.35. The van der Waals surface area contributed by atoms with Crippen LogP contribution in [0.3, 0.4) is 0 Å². The first-order chi connectivity index (χ1) is 11.1. The van der Waals surface area contributed by atoms with Crippen molar-refractivity contribution in [2.75, 3.05) is 19.0 Å². The van der Waals surface area contributed by atoms with Gasteiger partial charge in [0, 0.05) is 12.2 Å². The van der Waals surface area contributed by atoms with Crippen LogP contribution in [0.1, 0.15) is 21.5 Å². The van der Waals surface area contributed by atoms with Gasteiger partial charge in [-0.05, 0) is 42.7 Å². The Labute approximate surface area is 135 Å². The summed E-state index contributed by atoms with van der Waals surface area (Å²) in [5.74, 6) is -0.436. The fourth-order valence-electron chi connectivity index (χ4n) is 2.22. The number of hydrogen-bond donors (Lipinski definition) is 2. The van der Waals surface area contributed by atoms with Gasteiger partial charge < -0.3 is 15.4 Å². The van der Waals surface area contributed by atoms with Gasteiger partial charge in [-0.1, -0.05) is 30.3 Å². The number of urea groups is 1. The molecule has 0 aliphatic rings. The number of nitrogens with one attached hydrogen (secondary N) is 2. The van der Waals surface area contributed by atoms with Gasteiger partial charge in [0.05, 0.1) is 12.7 Å². The second kappa shape index (κ2) is 7.98. The minimum absolute atomic E-state index is 0.305. The van der Waals surface area contributed by atoms with Crippen molar-refractivity contribution in [3.05, 3.63) is 65.2 Å². The number of esters is 1. The molecular formula is C18H20N2O3. The van der Waals surface area contributed by atoms with E-state index in [0.717, 1.165) is 6.42 Å². The van der Waals surface area contributed by atoms with Crippen LogP contribution in [0.25, 0.3) is 0 Å². The van der Waals surface area contributed by atoms with E-state index in [2.05, 4.69) is 21.4 Å². The Bertz CT molecular complexity index is 698. The van der Waals surface area contributed by atoms with Crippen molar-refractivity contribution in [3.63, 3.8) is 0 Å². The second-order valence-electron chi connectivity index (χ2n) is 5.13. The molecule has 0 bridgehead atoms. The van der Waals surface area contributed by atoms with Gasteiger partial charge in [0.1, 0.15) is 0 Å². The number of carbonyl (C=O) groups excluding carboxylic acids is 2. The summed E-state index contributed by atoms with van der Waals surface area (Å²) in [4.78, 5) is 23.4. The first-order valence-corrected chi connectivity index (χ1v) is 7.38. The Kier molecular flexibility index (Phi) is 5.74. The molecule has 2 rings (SSSR count). The molecule has 0 saturated heterocycles. The van der Waals surface area contributed by atoms with E-state index in [1.807, 2.05) is 25.1 Å². The van der Waals surface area contributed by atoms with Crippen molar-refractivity contribution in [1.29, 1.82) is 0 Å². The third kappa shape index (κ3) is 4.85. The molecule has 23 heavy (non-hydrogen) atoms. The molecule has 0 aromatic heterocycles. The highest BCUT2D eigenvalue weighted by Crippen LogP contribution is 2.11. The standard InChI is InChI=1S/C18H20N2O3/c1-13-6-3-4-7-14(13)10-11-19-18(22)20-16-9-5-8-15(12-16)17(21)23-2/h3-9,12H,10-11H2,1-2H3,(H2,19,20,22). The van der Waals surface area contributed by atoms with Crippen LogP contribution >= 0.6 is 0 Å². The third-order valence-corrected chi connectivity index (χ3v) is 3.48. The average Bonchev–Trinajstić information content (AvgIpc) is 2.56. The largest absolute Gasteiger partial charge is 0.465 e. The number of amides is 2. The van der Waals surface area contributed by atoms with Crippen molar-refractivity contribution in [2.24, 2.45) is 0 Å². The number of aryl methyl sites for hydroxylation is 1. The maximum absolute atomic E-state index is 11.9. The number of anilines is 1. The van der Waals surface area contributed by atoms with Gasteiger partial charge in [-0.3, -0.25) is 0 Å². The van der Waals surface area contributed by atoms with Crippen LogP contribution in [0.4, 0.5) is 10.5 Å². The van der Waals surface area contributed by atoms with Crippen LogP contribution in [0.5, 0.6) is 0 Å². The molecule has 0 fully saturated rings. The molecule has 5 heteroatoms. The molecule has 0 saturated carbocycles. The summed E-state index contributed by atoms with van der Waals surface area (Å²) in [7, 11) is 1.32. The molecule has 120 valence electrons. The highest BCUT2D eigenvalue weighted by atomic mass is 16.5. The fraction of sp³-hybridized carbons (Fsp3) is 0.222. The summed E-state index contributed by atoms with van der Waals surface area (Å²) < 4.78 is 4.65. The van der Waals surface area contributed by atoms with Gasteiger partial charge in [0.2, 0.25) is 0 Å².